The highest BCUT2D eigenvalue weighted by Crippen LogP contribution is 2.55. The number of hydrogen-bond acceptors (Lipinski definition) is 1. The van der Waals surface area contributed by atoms with Gasteiger partial charge in [0, 0.05) is 18.5 Å². The molecule has 22 heavy (non-hydrogen) atoms. The molecular formula is C17H27N4O+. The van der Waals surface area contributed by atoms with Gasteiger partial charge < -0.3 is 10.6 Å². The lowest BCUT2D eigenvalue weighted by molar-refractivity contribution is -0.695. The number of nitrogens with zero attached hydrogens (tertiary/aromatic N) is 1. The number of carbonyl (C=O) groups is 1. The van der Waals surface area contributed by atoms with Gasteiger partial charge in [-0.2, -0.15) is 0 Å². The summed E-state index contributed by atoms with van der Waals surface area (Å²) in [7, 11) is 0. The first-order valence-corrected chi connectivity index (χ1v) is 8.79. The zero-order valence-corrected chi connectivity index (χ0v) is 13.2. The molecule has 3 N–H and O–H groups in total. The average molecular weight is 303 g/mol. The van der Waals surface area contributed by atoms with Gasteiger partial charge in [0.1, 0.15) is 12.4 Å². The molecule has 2 amide bonds. The molecule has 4 saturated carbocycles. The van der Waals surface area contributed by atoms with Gasteiger partial charge in [-0.25, -0.2) is 9.36 Å². The summed E-state index contributed by atoms with van der Waals surface area (Å²) in [6.45, 7) is 1.66. The quantitative estimate of drug-likeness (QED) is 0.565. The van der Waals surface area contributed by atoms with Crippen LogP contribution in [-0.4, -0.2) is 23.1 Å². The van der Waals surface area contributed by atoms with Crippen LogP contribution in [0.5, 0.6) is 0 Å². The van der Waals surface area contributed by atoms with Gasteiger partial charge in [-0.1, -0.05) is 0 Å². The Morgan fingerprint density at radius 2 is 1.86 bits per heavy atom. The number of hydrogen-bond donors (Lipinski definition) is 3. The van der Waals surface area contributed by atoms with E-state index >= 15 is 0 Å². The second-order valence-corrected chi connectivity index (χ2v) is 7.78. The Morgan fingerprint density at radius 1 is 1.18 bits per heavy atom. The number of urea groups is 1. The Hall–Kier alpha value is -1.52. The molecule has 5 nitrogen and oxygen atoms in total. The first-order valence-electron chi connectivity index (χ1n) is 8.79. The van der Waals surface area contributed by atoms with Crippen molar-refractivity contribution in [3.8, 4) is 0 Å². The minimum absolute atomic E-state index is 0.0426. The lowest BCUT2D eigenvalue weighted by Gasteiger charge is -2.56. The number of H-pyrrole nitrogens is 1. The van der Waals surface area contributed by atoms with Crippen molar-refractivity contribution >= 4 is 6.03 Å². The topological polar surface area (TPSA) is 60.8 Å². The van der Waals surface area contributed by atoms with E-state index in [1.165, 1.54) is 38.5 Å². The Kier molecular flexibility index (Phi) is 3.59. The van der Waals surface area contributed by atoms with E-state index in [4.69, 9.17) is 0 Å². The third kappa shape index (κ3) is 2.85. The molecule has 0 saturated heterocycles. The van der Waals surface area contributed by atoms with Crippen molar-refractivity contribution in [1.29, 1.82) is 0 Å². The maximum atomic E-state index is 12.3. The molecule has 0 spiro atoms. The highest BCUT2D eigenvalue weighted by atomic mass is 16.2. The normalized spacial score (nSPS) is 35.5. The molecule has 4 fully saturated rings. The van der Waals surface area contributed by atoms with Crippen LogP contribution in [-0.2, 0) is 6.54 Å². The Morgan fingerprint density at radius 3 is 2.45 bits per heavy atom. The van der Waals surface area contributed by atoms with E-state index in [9.17, 15) is 4.79 Å². The average Bonchev–Trinajstić information content (AvgIpc) is 2.94. The molecule has 5 heteroatoms. The number of aromatic amines is 1. The van der Waals surface area contributed by atoms with Gasteiger partial charge >= 0.3 is 6.03 Å². The van der Waals surface area contributed by atoms with Crippen molar-refractivity contribution in [2.45, 2.75) is 57.0 Å². The summed E-state index contributed by atoms with van der Waals surface area (Å²) in [6, 6.07) is 0.0426. The maximum Gasteiger partial charge on any atom is 0.315 e. The number of amides is 2. The lowest BCUT2D eigenvalue weighted by atomic mass is 9.53. The van der Waals surface area contributed by atoms with Crippen LogP contribution in [0.15, 0.2) is 18.7 Å². The van der Waals surface area contributed by atoms with Gasteiger partial charge in [-0.3, -0.25) is 4.98 Å². The van der Waals surface area contributed by atoms with E-state index in [0.29, 0.717) is 0 Å². The van der Waals surface area contributed by atoms with E-state index in [1.54, 1.807) is 0 Å². The highest BCUT2D eigenvalue weighted by molar-refractivity contribution is 5.74. The predicted octanol–water partition coefficient (Wildman–Crippen LogP) is 1.96. The van der Waals surface area contributed by atoms with Crippen molar-refractivity contribution in [3.05, 3.63) is 18.7 Å². The maximum absolute atomic E-state index is 12.3. The molecule has 120 valence electrons. The standard InChI is InChI=1S/C17H26N4O/c22-16(19-2-1-4-21-5-3-18-12-21)20-17-9-13-6-14(10-17)8-15(7-13)11-17/h3,5,12-15H,1-2,4,6-11H2,(H2,19,20,22)/p+1. The summed E-state index contributed by atoms with van der Waals surface area (Å²) in [5.74, 6) is 2.62. The van der Waals surface area contributed by atoms with E-state index in [0.717, 1.165) is 37.3 Å². The summed E-state index contributed by atoms with van der Waals surface area (Å²) in [4.78, 5) is 15.3. The van der Waals surface area contributed by atoms with Crippen molar-refractivity contribution in [2.75, 3.05) is 6.54 Å². The molecule has 0 aromatic carbocycles. The monoisotopic (exact) mass is 303 g/mol. The van der Waals surface area contributed by atoms with E-state index in [-0.39, 0.29) is 11.6 Å². The Bertz CT molecular complexity index is 489. The van der Waals surface area contributed by atoms with Crippen LogP contribution in [0.2, 0.25) is 0 Å². The third-order valence-electron chi connectivity index (χ3n) is 5.90. The first kappa shape index (κ1) is 14.1. The van der Waals surface area contributed by atoms with Crippen LogP contribution in [0.25, 0.3) is 0 Å². The van der Waals surface area contributed by atoms with Crippen LogP contribution in [0.3, 0.4) is 0 Å². The summed E-state index contributed by atoms with van der Waals surface area (Å²) in [5, 5.41) is 6.40. The molecular weight excluding hydrogens is 276 g/mol. The van der Waals surface area contributed by atoms with Gasteiger partial charge in [0.2, 0.25) is 6.33 Å². The molecule has 0 atom stereocenters. The number of aromatic nitrogens is 2. The van der Waals surface area contributed by atoms with E-state index < -0.39 is 0 Å². The SMILES string of the molecule is O=C(NCCC[n+]1cc[nH]c1)NC12CC3CC(CC(C3)C1)C2. The fraction of sp³-hybridized carbons (Fsp3) is 0.765. The van der Waals surface area contributed by atoms with Crippen LogP contribution in [0.1, 0.15) is 44.9 Å². The number of carbonyl (C=O) groups excluding carboxylic acids is 1. The van der Waals surface area contributed by atoms with Crippen molar-refractivity contribution in [2.24, 2.45) is 17.8 Å². The largest absolute Gasteiger partial charge is 0.338 e. The molecule has 4 aliphatic carbocycles. The number of imidazole rings is 1. The van der Waals surface area contributed by atoms with E-state index in [2.05, 4.69) is 20.2 Å². The summed E-state index contributed by atoms with van der Waals surface area (Å²) in [5.41, 5.74) is 0.119. The van der Waals surface area contributed by atoms with Crippen molar-refractivity contribution in [1.82, 2.24) is 15.6 Å². The molecule has 0 aliphatic heterocycles. The van der Waals surface area contributed by atoms with Crippen LogP contribution >= 0.6 is 0 Å². The Labute approximate surface area is 131 Å². The predicted molar refractivity (Wildman–Crippen MR) is 83.0 cm³/mol. The van der Waals surface area contributed by atoms with Gasteiger partial charge in [-0.15, -0.1) is 0 Å². The minimum Gasteiger partial charge on any atom is -0.338 e. The molecule has 0 radical (unpaired) electrons. The number of nitrogens with one attached hydrogen (secondary N) is 3. The second kappa shape index (κ2) is 5.60. The van der Waals surface area contributed by atoms with Crippen LogP contribution < -0.4 is 15.2 Å². The zero-order chi connectivity index (χ0) is 15.0. The van der Waals surface area contributed by atoms with Gasteiger partial charge in [0.05, 0.1) is 6.54 Å². The molecule has 0 unspecified atom stereocenters. The molecule has 1 aromatic heterocycles. The molecule has 1 aromatic rings. The fourth-order valence-electron chi connectivity index (χ4n) is 5.47. The summed E-state index contributed by atoms with van der Waals surface area (Å²) < 4.78 is 2.10. The molecule has 1 heterocycles. The van der Waals surface area contributed by atoms with Gasteiger partial charge in [0.25, 0.3) is 0 Å². The van der Waals surface area contributed by atoms with E-state index in [1.807, 2.05) is 18.7 Å². The highest BCUT2D eigenvalue weighted by Gasteiger charge is 2.51. The van der Waals surface area contributed by atoms with Crippen molar-refractivity contribution in [3.63, 3.8) is 0 Å². The minimum atomic E-state index is 0.0426. The molecule has 4 bridgehead atoms. The molecule has 4 aliphatic rings. The fourth-order valence-corrected chi connectivity index (χ4v) is 5.47. The van der Waals surface area contributed by atoms with Crippen LogP contribution in [0.4, 0.5) is 4.79 Å². The zero-order valence-electron chi connectivity index (χ0n) is 13.2. The van der Waals surface area contributed by atoms with Crippen molar-refractivity contribution < 1.29 is 9.36 Å². The lowest BCUT2D eigenvalue weighted by Crippen LogP contribution is -2.61. The number of aryl methyl sites for hydroxylation is 1. The second-order valence-electron chi connectivity index (χ2n) is 7.78. The summed E-state index contributed by atoms with van der Waals surface area (Å²) in [6.07, 6.45) is 14.7. The third-order valence-corrected chi connectivity index (χ3v) is 5.90. The van der Waals surface area contributed by atoms with Gasteiger partial charge in [0.15, 0.2) is 0 Å². The Balaban J connectivity index is 1.24. The van der Waals surface area contributed by atoms with Crippen LogP contribution in [0, 0.1) is 17.8 Å². The summed E-state index contributed by atoms with van der Waals surface area (Å²) >= 11 is 0. The number of rotatable bonds is 5. The van der Waals surface area contributed by atoms with Gasteiger partial charge in [-0.05, 0) is 56.3 Å². The molecule has 5 rings (SSSR count). The smallest absolute Gasteiger partial charge is 0.315 e. The first-order chi connectivity index (χ1) is 10.7.